The molecule has 0 unspecified atom stereocenters. The van der Waals surface area contributed by atoms with Crippen LogP contribution in [0, 0.1) is 75.5 Å². The van der Waals surface area contributed by atoms with E-state index in [0.29, 0.717) is 0 Å². The largest absolute Gasteiger partial charge is 0.0622 e. The molecule has 4 aromatic carbocycles. The Bertz CT molecular complexity index is 1090. The van der Waals surface area contributed by atoms with E-state index in [1.165, 1.54) is 32.5 Å². The van der Waals surface area contributed by atoms with Gasteiger partial charge < -0.3 is 0 Å². The van der Waals surface area contributed by atoms with Gasteiger partial charge in [0, 0.05) is 33.0 Å². The van der Waals surface area contributed by atoms with Gasteiger partial charge in [0.05, 0.1) is 0 Å². The van der Waals surface area contributed by atoms with Gasteiger partial charge >= 0.3 is 0 Å². The van der Waals surface area contributed by atoms with E-state index in [1.807, 2.05) is 0 Å². The third-order valence-electron chi connectivity index (χ3n) is 6.09. The molecule has 4 aromatic rings. The molecule has 0 spiro atoms. The summed E-state index contributed by atoms with van der Waals surface area (Å²) >= 11 is 0. The molecule has 39 heavy (non-hydrogen) atoms. The Labute approximate surface area is 254 Å². The summed E-state index contributed by atoms with van der Waals surface area (Å²) < 4.78 is 0. The SMILES string of the molecule is [CH]1[CH][CH][CH][C](P(c2ccccc2)c2ccccc2)[CH][CH]1.[CH]1[CH][CH][C](P(c2ccccc2)c2ccccc2)[CH]1.[Ti]. The van der Waals surface area contributed by atoms with E-state index in [0.717, 1.165) is 0 Å². The van der Waals surface area contributed by atoms with E-state index in [4.69, 9.17) is 0 Å². The van der Waals surface area contributed by atoms with E-state index in [2.05, 4.69) is 186 Å². The molecule has 6 rings (SSSR count). The van der Waals surface area contributed by atoms with Gasteiger partial charge in [0.2, 0.25) is 0 Å². The Kier molecular flexibility index (Phi) is 13.0. The van der Waals surface area contributed by atoms with Crippen LogP contribution < -0.4 is 21.2 Å². The summed E-state index contributed by atoms with van der Waals surface area (Å²) in [4.78, 5) is 0. The van der Waals surface area contributed by atoms with Crippen molar-refractivity contribution >= 4 is 37.1 Å². The van der Waals surface area contributed by atoms with Crippen LogP contribution in [0.15, 0.2) is 121 Å². The van der Waals surface area contributed by atoms with Crippen LogP contribution in [0.2, 0.25) is 0 Å². The minimum absolute atomic E-state index is 0. The van der Waals surface area contributed by atoms with Crippen LogP contribution in [0.5, 0.6) is 0 Å². The molecule has 0 atom stereocenters. The topological polar surface area (TPSA) is 0 Å². The molecule has 0 heterocycles. The molecule has 0 N–H and O–H groups in total. The van der Waals surface area contributed by atoms with Crippen LogP contribution >= 0.6 is 15.8 Å². The Morgan fingerprint density at radius 3 is 0.769 bits per heavy atom. The van der Waals surface area contributed by atoms with E-state index in [-0.39, 0.29) is 21.7 Å². The first-order valence-corrected chi connectivity index (χ1v) is 15.5. The number of rotatable bonds is 6. The van der Waals surface area contributed by atoms with Gasteiger partial charge in [-0.15, -0.1) is 0 Å². The second-order valence-corrected chi connectivity index (χ2v) is 13.1. The Morgan fingerprint density at radius 2 is 0.513 bits per heavy atom. The zero-order valence-electron chi connectivity index (χ0n) is 21.7. The van der Waals surface area contributed by atoms with Crippen LogP contribution in [0.4, 0.5) is 0 Å². The molecule has 0 aromatic heterocycles. The van der Waals surface area contributed by atoms with Crippen LogP contribution in [0.25, 0.3) is 0 Å². The fourth-order valence-corrected chi connectivity index (χ4v) is 8.97. The van der Waals surface area contributed by atoms with E-state index in [1.54, 1.807) is 0 Å². The van der Waals surface area contributed by atoms with Crippen molar-refractivity contribution in [1.82, 2.24) is 0 Å². The van der Waals surface area contributed by atoms with Gasteiger partial charge in [-0.25, -0.2) is 0 Å². The van der Waals surface area contributed by atoms with Crippen molar-refractivity contribution in [2.45, 2.75) is 0 Å². The van der Waals surface area contributed by atoms with E-state index < -0.39 is 15.8 Å². The monoisotopic (exact) mass is 572 g/mol. The summed E-state index contributed by atoms with van der Waals surface area (Å²) in [5, 5.41) is 5.59. The summed E-state index contributed by atoms with van der Waals surface area (Å²) in [6.07, 6.45) is 21.6. The predicted octanol–water partition coefficient (Wildman–Crippen LogP) is 7.37. The Hall–Kier alpha value is -1.55. The number of benzene rings is 4. The standard InChI is InChI=1S/C19H16P.C17H14P.Ti/c1-2-6-12-17(11-5-1)20(18-13-7-3-8-14-18)19-15-9-4-10-16-19;1-3-9-15(10-4-1)18(17-13-7-8-14-17)16-11-5-2-6-12-16;/h1-16H;1-14H;. The smallest absolute Gasteiger partial charge is 0.0161 e. The molecule has 0 bridgehead atoms. The summed E-state index contributed by atoms with van der Waals surface area (Å²) in [5.74, 6) is 0. The van der Waals surface area contributed by atoms with Crippen LogP contribution in [0.1, 0.15) is 0 Å². The summed E-state index contributed by atoms with van der Waals surface area (Å²) in [6, 6.07) is 43.1. The third-order valence-corrected chi connectivity index (χ3v) is 11.0. The van der Waals surface area contributed by atoms with Crippen molar-refractivity contribution < 1.29 is 21.7 Å². The van der Waals surface area contributed by atoms with Crippen LogP contribution in [-0.2, 0) is 21.7 Å². The summed E-state index contributed by atoms with van der Waals surface area (Å²) in [7, 11) is -0.892. The van der Waals surface area contributed by atoms with Crippen molar-refractivity contribution in [3.05, 3.63) is 197 Å². The van der Waals surface area contributed by atoms with E-state index >= 15 is 0 Å². The minimum Gasteiger partial charge on any atom is -0.0622 e. The molecular weight excluding hydrogens is 542 g/mol. The van der Waals surface area contributed by atoms with E-state index in [9.17, 15) is 0 Å². The zero-order valence-corrected chi connectivity index (χ0v) is 25.1. The van der Waals surface area contributed by atoms with Crippen LogP contribution in [0.3, 0.4) is 0 Å². The van der Waals surface area contributed by atoms with Crippen molar-refractivity contribution in [3.63, 3.8) is 0 Å². The average molecular weight is 572 g/mol. The Morgan fingerprint density at radius 1 is 0.282 bits per heavy atom. The number of hydrogen-bond donors (Lipinski definition) is 0. The molecule has 2 aliphatic rings. The first-order chi connectivity index (χ1) is 18.9. The molecule has 12 radical (unpaired) electrons. The van der Waals surface area contributed by atoms with Gasteiger partial charge in [-0.05, 0) is 101 Å². The minimum atomic E-state index is -0.483. The normalized spacial score (nSPS) is 16.3. The summed E-state index contributed by atoms with van der Waals surface area (Å²) in [5.41, 5.74) is 2.80. The molecular formula is C36H30P2Ti. The fourth-order valence-electron chi connectivity index (χ4n) is 4.36. The van der Waals surface area contributed by atoms with Gasteiger partial charge in [0.25, 0.3) is 0 Å². The predicted molar refractivity (Wildman–Crippen MR) is 168 cm³/mol. The molecule has 2 fully saturated rings. The first-order valence-electron chi connectivity index (χ1n) is 12.8. The second-order valence-electron chi connectivity index (χ2n) is 8.68. The van der Waals surface area contributed by atoms with Crippen molar-refractivity contribution in [1.29, 1.82) is 0 Å². The van der Waals surface area contributed by atoms with Gasteiger partial charge in [0.1, 0.15) is 0 Å². The fraction of sp³-hybridized carbons (Fsp3) is 0. The van der Waals surface area contributed by atoms with Crippen molar-refractivity contribution in [3.8, 4) is 0 Å². The molecule has 188 valence electrons. The average Bonchev–Trinajstić information content (AvgIpc) is 3.38. The molecule has 3 heteroatoms. The van der Waals surface area contributed by atoms with Crippen molar-refractivity contribution in [2.24, 2.45) is 0 Å². The molecule has 2 aliphatic carbocycles. The van der Waals surface area contributed by atoms with Gasteiger partial charge in [0.15, 0.2) is 0 Å². The molecule has 0 saturated heterocycles. The van der Waals surface area contributed by atoms with Gasteiger partial charge in [-0.2, -0.15) is 0 Å². The van der Waals surface area contributed by atoms with Gasteiger partial charge in [-0.3, -0.25) is 0 Å². The summed E-state index contributed by atoms with van der Waals surface area (Å²) in [6.45, 7) is 0. The molecule has 2 saturated carbocycles. The van der Waals surface area contributed by atoms with Crippen molar-refractivity contribution in [2.75, 3.05) is 0 Å². The molecule has 0 aliphatic heterocycles. The maximum absolute atomic E-state index is 2.23. The Balaban J connectivity index is 0.000000177. The first kappa shape index (κ1) is 30.4. The molecule has 0 amide bonds. The maximum Gasteiger partial charge on any atom is 0.0161 e. The van der Waals surface area contributed by atoms with Crippen LogP contribution in [-0.4, -0.2) is 0 Å². The van der Waals surface area contributed by atoms with Gasteiger partial charge in [-0.1, -0.05) is 121 Å². The molecule has 0 nitrogen and oxygen atoms in total. The quantitative estimate of drug-likeness (QED) is 0.129. The zero-order chi connectivity index (χ0) is 25.8. The third kappa shape index (κ3) is 8.72. The maximum atomic E-state index is 2.23. The number of hydrogen-bond acceptors (Lipinski definition) is 0. The second kappa shape index (κ2) is 16.7.